The van der Waals surface area contributed by atoms with E-state index in [1.807, 2.05) is 0 Å². The van der Waals surface area contributed by atoms with Crippen LogP contribution in [0.3, 0.4) is 0 Å². The molecule has 188 valence electrons. The summed E-state index contributed by atoms with van der Waals surface area (Å²) in [6, 6.07) is 9.18. The highest BCUT2D eigenvalue weighted by molar-refractivity contribution is 6.30. The molecule has 36 heavy (non-hydrogen) atoms. The molecule has 3 N–H and O–H groups in total. The second-order valence-electron chi connectivity index (χ2n) is 8.63. The molecule has 4 rings (SSSR count). The van der Waals surface area contributed by atoms with Crippen molar-refractivity contribution < 1.29 is 28.7 Å². The Morgan fingerprint density at radius 1 is 1.19 bits per heavy atom. The topological polar surface area (TPSA) is 121 Å². The maximum Gasteiger partial charge on any atom is 0.409 e. The Hall–Kier alpha value is -3.92. The highest BCUT2D eigenvalue weighted by atomic mass is 35.5. The average molecular weight is 515 g/mol. The first-order chi connectivity index (χ1) is 17.1. The summed E-state index contributed by atoms with van der Waals surface area (Å²) in [5.41, 5.74) is 1.48. The lowest BCUT2D eigenvalue weighted by molar-refractivity contribution is -0.137. The number of amides is 3. The molecule has 0 saturated heterocycles. The Morgan fingerprint density at radius 2 is 1.94 bits per heavy atom. The van der Waals surface area contributed by atoms with Gasteiger partial charge in [-0.1, -0.05) is 23.7 Å². The maximum absolute atomic E-state index is 14.1. The molecule has 2 aromatic carbocycles. The molecule has 1 aliphatic rings. The lowest BCUT2D eigenvalue weighted by atomic mass is 10.1. The Bertz CT molecular complexity index is 1370. The van der Waals surface area contributed by atoms with E-state index < -0.39 is 17.8 Å². The van der Waals surface area contributed by atoms with E-state index in [2.05, 4.69) is 10.6 Å². The van der Waals surface area contributed by atoms with E-state index >= 15 is 0 Å². The van der Waals surface area contributed by atoms with Crippen molar-refractivity contribution in [3.05, 3.63) is 64.6 Å². The number of nitrogens with one attached hydrogen (secondary N) is 2. The number of hydrogen-bond donors (Lipinski definition) is 3. The van der Waals surface area contributed by atoms with Gasteiger partial charge in [0.25, 0.3) is 0 Å². The molecule has 1 heterocycles. The van der Waals surface area contributed by atoms with E-state index in [4.69, 9.17) is 16.7 Å². The molecule has 3 amide bonds. The van der Waals surface area contributed by atoms with Crippen molar-refractivity contribution in [3.63, 3.8) is 0 Å². The molecule has 1 aliphatic carbocycles. The Balaban J connectivity index is 1.49. The van der Waals surface area contributed by atoms with Crippen molar-refractivity contribution in [1.82, 2.24) is 14.8 Å². The smallest absolute Gasteiger partial charge is 0.409 e. The van der Waals surface area contributed by atoms with Gasteiger partial charge in [-0.15, -0.1) is 0 Å². The SMILES string of the molecule is CC(=O)c1cn(CC(=O)N(CC(=O)NCc2cccc(Cl)c2F)C2CC2)c2ccc(NC(=O)O)cc12. The van der Waals surface area contributed by atoms with Gasteiger partial charge in [0, 0.05) is 46.5 Å². The van der Waals surface area contributed by atoms with Crippen LogP contribution in [0.1, 0.15) is 35.7 Å². The molecular weight excluding hydrogens is 491 g/mol. The summed E-state index contributed by atoms with van der Waals surface area (Å²) in [5.74, 6) is -1.57. The minimum Gasteiger partial charge on any atom is -0.465 e. The van der Waals surface area contributed by atoms with E-state index in [1.165, 1.54) is 24.0 Å². The van der Waals surface area contributed by atoms with Gasteiger partial charge in [-0.2, -0.15) is 0 Å². The van der Waals surface area contributed by atoms with Crippen molar-refractivity contribution >= 4 is 51.9 Å². The summed E-state index contributed by atoms with van der Waals surface area (Å²) in [6.45, 7) is 1.04. The molecular formula is C25H24ClFN4O5. The van der Waals surface area contributed by atoms with Gasteiger partial charge < -0.3 is 19.9 Å². The van der Waals surface area contributed by atoms with Crippen LogP contribution in [0, 0.1) is 5.82 Å². The minimum absolute atomic E-state index is 0.0359. The maximum atomic E-state index is 14.1. The molecule has 0 atom stereocenters. The summed E-state index contributed by atoms with van der Waals surface area (Å²) in [4.78, 5) is 50.4. The number of Topliss-reactive ketones (excluding diaryl/α,β-unsaturated/α-hetero) is 1. The summed E-state index contributed by atoms with van der Waals surface area (Å²) in [5, 5.41) is 14.3. The van der Waals surface area contributed by atoms with Crippen molar-refractivity contribution in [2.24, 2.45) is 0 Å². The number of nitrogens with zero attached hydrogens (tertiary/aromatic N) is 2. The Kier molecular flexibility index (Phi) is 7.25. The van der Waals surface area contributed by atoms with Crippen LogP contribution in [0.5, 0.6) is 0 Å². The standard InChI is InChI=1S/C25H24ClFN4O5/c1-14(32)19-11-30(21-8-5-16(9-18(19)21)29-25(35)36)13-23(34)31(17-6-7-17)12-22(33)28-10-15-3-2-4-20(26)24(15)27/h2-5,8-9,11,17,29H,6-7,10,12-13H2,1H3,(H,28,33)(H,35,36). The Labute approximate surface area is 210 Å². The largest absolute Gasteiger partial charge is 0.465 e. The second-order valence-corrected chi connectivity index (χ2v) is 9.04. The van der Waals surface area contributed by atoms with Crippen molar-refractivity contribution in [2.45, 2.75) is 38.9 Å². The van der Waals surface area contributed by atoms with Crippen molar-refractivity contribution in [2.75, 3.05) is 11.9 Å². The van der Waals surface area contributed by atoms with Gasteiger partial charge in [0.05, 0.1) is 11.6 Å². The molecule has 0 aliphatic heterocycles. The number of halogens is 2. The van der Waals surface area contributed by atoms with Gasteiger partial charge in [-0.25, -0.2) is 9.18 Å². The fourth-order valence-corrected chi connectivity index (χ4v) is 4.24. The van der Waals surface area contributed by atoms with E-state index in [0.717, 1.165) is 12.8 Å². The first kappa shape index (κ1) is 25.2. The van der Waals surface area contributed by atoms with Crippen molar-refractivity contribution in [3.8, 4) is 0 Å². The van der Waals surface area contributed by atoms with Crippen LogP contribution in [0.4, 0.5) is 14.9 Å². The fraction of sp³-hybridized carbons (Fsp3) is 0.280. The van der Waals surface area contributed by atoms with Crippen LogP contribution < -0.4 is 10.6 Å². The summed E-state index contributed by atoms with van der Waals surface area (Å²) >= 11 is 5.78. The van der Waals surface area contributed by atoms with Crippen molar-refractivity contribution in [1.29, 1.82) is 0 Å². The first-order valence-electron chi connectivity index (χ1n) is 11.3. The predicted molar refractivity (Wildman–Crippen MR) is 132 cm³/mol. The first-order valence-corrected chi connectivity index (χ1v) is 11.6. The van der Waals surface area contributed by atoms with E-state index in [1.54, 1.807) is 35.0 Å². The number of rotatable bonds is 9. The number of carbonyl (C=O) groups is 4. The molecule has 3 aromatic rings. The molecule has 0 radical (unpaired) electrons. The zero-order valence-corrected chi connectivity index (χ0v) is 20.1. The molecule has 0 unspecified atom stereocenters. The number of anilines is 1. The van der Waals surface area contributed by atoms with E-state index in [0.29, 0.717) is 22.2 Å². The predicted octanol–water partition coefficient (Wildman–Crippen LogP) is 4.03. The number of benzene rings is 2. The van der Waals surface area contributed by atoms with E-state index in [-0.39, 0.29) is 48.0 Å². The molecule has 1 fully saturated rings. The lowest BCUT2D eigenvalue weighted by Gasteiger charge is -2.22. The highest BCUT2D eigenvalue weighted by Gasteiger charge is 2.34. The van der Waals surface area contributed by atoms with Gasteiger partial charge in [-0.05, 0) is 44.0 Å². The van der Waals surface area contributed by atoms with E-state index in [9.17, 15) is 23.6 Å². The monoisotopic (exact) mass is 514 g/mol. The summed E-state index contributed by atoms with van der Waals surface area (Å²) in [7, 11) is 0. The molecule has 9 nitrogen and oxygen atoms in total. The number of carboxylic acid groups (broad SMARTS) is 1. The van der Waals surface area contributed by atoms with Crippen LogP contribution >= 0.6 is 11.6 Å². The molecule has 0 spiro atoms. The number of hydrogen-bond acceptors (Lipinski definition) is 4. The lowest BCUT2D eigenvalue weighted by Crippen LogP contribution is -2.43. The van der Waals surface area contributed by atoms with Gasteiger partial charge in [-0.3, -0.25) is 19.7 Å². The van der Waals surface area contributed by atoms with Crippen LogP contribution in [-0.2, 0) is 22.7 Å². The quantitative estimate of drug-likeness (QED) is 0.372. The molecule has 1 saturated carbocycles. The average Bonchev–Trinajstić information content (AvgIpc) is 3.60. The summed E-state index contributed by atoms with van der Waals surface area (Å²) in [6.07, 6.45) is 1.88. The van der Waals surface area contributed by atoms with Gasteiger partial charge in [0.2, 0.25) is 11.8 Å². The van der Waals surface area contributed by atoms with Crippen LogP contribution in [0.2, 0.25) is 5.02 Å². The molecule has 1 aromatic heterocycles. The van der Waals surface area contributed by atoms with Crippen LogP contribution in [0.25, 0.3) is 10.9 Å². The van der Waals surface area contributed by atoms with Crippen LogP contribution in [-0.4, -0.2) is 50.9 Å². The third-order valence-electron chi connectivity index (χ3n) is 5.95. The fourth-order valence-electron chi connectivity index (χ4n) is 4.04. The highest BCUT2D eigenvalue weighted by Crippen LogP contribution is 2.29. The number of carbonyl (C=O) groups excluding carboxylic acids is 3. The van der Waals surface area contributed by atoms with Crippen LogP contribution in [0.15, 0.2) is 42.6 Å². The third-order valence-corrected chi connectivity index (χ3v) is 6.24. The third kappa shape index (κ3) is 5.65. The Morgan fingerprint density at radius 3 is 2.61 bits per heavy atom. The van der Waals surface area contributed by atoms with Gasteiger partial charge in [0.15, 0.2) is 5.78 Å². The minimum atomic E-state index is -1.23. The zero-order chi connectivity index (χ0) is 26.0. The normalized spacial score (nSPS) is 12.9. The number of fused-ring (bicyclic) bond motifs is 1. The second kappa shape index (κ2) is 10.4. The molecule has 11 heteroatoms. The zero-order valence-electron chi connectivity index (χ0n) is 19.4. The number of aromatic nitrogens is 1. The van der Waals surface area contributed by atoms with Gasteiger partial charge >= 0.3 is 6.09 Å². The molecule has 0 bridgehead atoms. The summed E-state index contributed by atoms with van der Waals surface area (Å²) < 4.78 is 15.7. The number of ketones is 1. The van der Waals surface area contributed by atoms with Gasteiger partial charge in [0.1, 0.15) is 12.4 Å².